The second-order valence-electron chi connectivity index (χ2n) is 2.01. The summed E-state index contributed by atoms with van der Waals surface area (Å²) >= 11 is 5.82. The van der Waals surface area contributed by atoms with Crippen LogP contribution in [0.5, 0.6) is 0 Å². The van der Waals surface area contributed by atoms with Crippen LogP contribution < -0.4 is 0 Å². The third-order valence-corrected chi connectivity index (χ3v) is 2.59. The first kappa shape index (κ1) is 9.60. The molecule has 1 heterocycles. The van der Waals surface area contributed by atoms with E-state index in [1.165, 1.54) is 6.20 Å². The highest BCUT2D eigenvalue weighted by Crippen LogP contribution is 2.36. The highest BCUT2D eigenvalue weighted by molar-refractivity contribution is 9.24. The van der Waals surface area contributed by atoms with Gasteiger partial charge in [0, 0.05) is 38.1 Å². The fourth-order valence-electron chi connectivity index (χ4n) is 0.634. The minimum absolute atomic E-state index is 0.315. The summed E-state index contributed by atoms with van der Waals surface area (Å²) in [7, 11) is 0. The highest BCUT2D eigenvalue weighted by Gasteiger charge is 2.39. The number of aromatic nitrogens is 1. The molecule has 1 rings (SSSR count). The van der Waals surface area contributed by atoms with Gasteiger partial charge in [-0.1, -0.05) is 6.07 Å². The Morgan fingerprint density at radius 2 is 2.17 bits per heavy atom. The molecule has 0 radical (unpaired) electrons. The van der Waals surface area contributed by atoms with Crippen molar-refractivity contribution < 1.29 is 4.92 Å². The van der Waals surface area contributed by atoms with Crippen LogP contribution in [0.1, 0.15) is 5.69 Å². The van der Waals surface area contributed by atoms with Crippen LogP contribution in [-0.4, -0.2) is 9.91 Å². The molecule has 0 spiro atoms. The van der Waals surface area contributed by atoms with Crippen molar-refractivity contribution in [2.75, 3.05) is 0 Å². The van der Waals surface area contributed by atoms with Crippen molar-refractivity contribution in [2.24, 2.45) is 0 Å². The molecule has 0 saturated heterocycles. The van der Waals surface area contributed by atoms with E-state index >= 15 is 0 Å². The maximum Gasteiger partial charge on any atom is 0.368 e. The van der Waals surface area contributed by atoms with E-state index in [0.717, 1.165) is 0 Å². The lowest BCUT2D eigenvalue weighted by atomic mass is 10.3. The van der Waals surface area contributed by atoms with Crippen molar-refractivity contribution in [1.82, 2.24) is 4.98 Å². The summed E-state index contributed by atoms with van der Waals surface area (Å²) in [5.41, 5.74) is 0.315. The minimum Gasteiger partial charge on any atom is -0.262 e. The first-order chi connectivity index (χ1) is 5.55. The lowest BCUT2D eigenvalue weighted by Crippen LogP contribution is -2.21. The number of halogens is 2. The third kappa shape index (κ3) is 1.81. The van der Waals surface area contributed by atoms with Gasteiger partial charge in [-0.2, -0.15) is 0 Å². The number of rotatable bonds is 2. The maximum absolute atomic E-state index is 10.5. The molecule has 1 aromatic rings. The second kappa shape index (κ2) is 3.49. The average molecular weight is 296 g/mol. The van der Waals surface area contributed by atoms with E-state index in [4.69, 9.17) is 0 Å². The minimum atomic E-state index is -1.47. The second-order valence-corrected chi connectivity index (χ2v) is 5.37. The monoisotopic (exact) mass is 294 g/mol. The molecule has 6 heteroatoms. The van der Waals surface area contributed by atoms with Crippen LogP contribution in [0.3, 0.4) is 0 Å². The Balaban J connectivity index is 3.06. The Morgan fingerprint density at radius 3 is 2.58 bits per heavy atom. The molecule has 0 unspecified atom stereocenters. The molecule has 0 atom stereocenters. The summed E-state index contributed by atoms with van der Waals surface area (Å²) in [4.78, 5) is 13.8. The van der Waals surface area contributed by atoms with Crippen LogP contribution in [0.2, 0.25) is 0 Å². The summed E-state index contributed by atoms with van der Waals surface area (Å²) in [6, 6.07) is 4.94. The molecule has 12 heavy (non-hydrogen) atoms. The number of hydrogen-bond donors (Lipinski definition) is 0. The normalized spacial score (nSPS) is 11.2. The van der Waals surface area contributed by atoms with E-state index < -0.39 is 8.28 Å². The summed E-state index contributed by atoms with van der Waals surface area (Å²) in [5.74, 6) is 0. The van der Waals surface area contributed by atoms with Crippen LogP contribution in [0.4, 0.5) is 0 Å². The quantitative estimate of drug-likeness (QED) is 0.364. The van der Waals surface area contributed by atoms with E-state index in [9.17, 15) is 10.1 Å². The van der Waals surface area contributed by atoms with Gasteiger partial charge in [-0.25, -0.2) is 0 Å². The van der Waals surface area contributed by atoms with Gasteiger partial charge in [0.25, 0.3) is 0 Å². The Hall–Kier alpha value is -0.490. The molecule has 0 amide bonds. The smallest absolute Gasteiger partial charge is 0.262 e. The van der Waals surface area contributed by atoms with Crippen molar-refractivity contribution >= 4 is 31.9 Å². The van der Waals surface area contributed by atoms with Gasteiger partial charge < -0.3 is 0 Å². The van der Waals surface area contributed by atoms with Crippen LogP contribution in [0.15, 0.2) is 24.4 Å². The SMILES string of the molecule is O=[N+]([O-])C(Br)(Br)c1ccccn1. The van der Waals surface area contributed by atoms with E-state index in [1.54, 1.807) is 18.2 Å². The summed E-state index contributed by atoms with van der Waals surface area (Å²) in [6.07, 6.45) is 1.50. The van der Waals surface area contributed by atoms with Gasteiger partial charge in [-0.3, -0.25) is 15.1 Å². The van der Waals surface area contributed by atoms with E-state index in [0.29, 0.717) is 5.69 Å². The summed E-state index contributed by atoms with van der Waals surface area (Å²) in [5, 5.41) is 10.5. The molecular formula is C6H4Br2N2O2. The van der Waals surface area contributed by atoms with Crippen molar-refractivity contribution in [1.29, 1.82) is 0 Å². The maximum atomic E-state index is 10.5. The van der Waals surface area contributed by atoms with Gasteiger partial charge in [-0.15, -0.1) is 0 Å². The van der Waals surface area contributed by atoms with Crippen LogP contribution >= 0.6 is 31.9 Å². The molecule has 0 aliphatic heterocycles. The Morgan fingerprint density at radius 1 is 1.50 bits per heavy atom. The standard InChI is InChI=1S/C6H4Br2N2O2/c7-6(8,10(11)12)5-3-1-2-4-9-5/h1-4H. The highest BCUT2D eigenvalue weighted by atomic mass is 79.9. The number of nitro groups is 1. The number of pyridine rings is 1. The molecular weight excluding hydrogens is 292 g/mol. The van der Waals surface area contributed by atoms with E-state index in [1.807, 2.05) is 0 Å². The molecule has 0 aromatic carbocycles. The fraction of sp³-hybridized carbons (Fsp3) is 0.167. The molecule has 0 fully saturated rings. The Bertz CT molecular complexity index is 289. The first-order valence-electron chi connectivity index (χ1n) is 2.99. The van der Waals surface area contributed by atoms with Gasteiger partial charge in [0.2, 0.25) is 0 Å². The van der Waals surface area contributed by atoms with Crippen molar-refractivity contribution in [3.8, 4) is 0 Å². The van der Waals surface area contributed by atoms with Gasteiger partial charge in [0.15, 0.2) is 0 Å². The number of alkyl halides is 2. The topological polar surface area (TPSA) is 56.0 Å². The molecule has 4 nitrogen and oxygen atoms in total. The predicted octanol–water partition coefficient (Wildman–Crippen LogP) is 2.26. The van der Waals surface area contributed by atoms with E-state index in [-0.39, 0.29) is 0 Å². The van der Waals surface area contributed by atoms with Crippen molar-refractivity contribution in [3.05, 3.63) is 40.2 Å². The van der Waals surface area contributed by atoms with Gasteiger partial charge in [0.1, 0.15) is 5.69 Å². The average Bonchev–Trinajstić information content (AvgIpc) is 2.06. The molecule has 64 valence electrons. The number of hydrogen-bond acceptors (Lipinski definition) is 3. The first-order valence-corrected chi connectivity index (χ1v) is 4.57. The van der Waals surface area contributed by atoms with Gasteiger partial charge in [0.05, 0.1) is 4.92 Å². The van der Waals surface area contributed by atoms with Crippen LogP contribution in [0.25, 0.3) is 0 Å². The molecule has 0 bridgehead atoms. The zero-order valence-electron chi connectivity index (χ0n) is 5.78. The van der Waals surface area contributed by atoms with E-state index in [2.05, 4.69) is 36.8 Å². The van der Waals surface area contributed by atoms with Crippen molar-refractivity contribution in [3.63, 3.8) is 0 Å². The predicted molar refractivity (Wildman–Crippen MR) is 50.8 cm³/mol. The van der Waals surface area contributed by atoms with Crippen LogP contribution in [-0.2, 0) is 3.36 Å². The summed E-state index contributed by atoms with van der Waals surface area (Å²) < 4.78 is -1.47. The zero-order valence-corrected chi connectivity index (χ0v) is 8.95. The van der Waals surface area contributed by atoms with Gasteiger partial charge in [-0.05, 0) is 12.1 Å². The summed E-state index contributed by atoms with van der Waals surface area (Å²) in [6.45, 7) is 0. The molecule has 1 aromatic heterocycles. The number of nitrogens with zero attached hydrogens (tertiary/aromatic N) is 2. The Labute approximate surface area is 85.4 Å². The molecule has 0 N–H and O–H groups in total. The van der Waals surface area contributed by atoms with Crippen molar-refractivity contribution in [2.45, 2.75) is 3.36 Å². The molecule has 0 saturated carbocycles. The fourth-order valence-corrected chi connectivity index (χ4v) is 1.10. The largest absolute Gasteiger partial charge is 0.368 e. The third-order valence-electron chi connectivity index (χ3n) is 1.20. The zero-order chi connectivity index (χ0) is 9.19. The molecule has 0 aliphatic carbocycles. The van der Waals surface area contributed by atoms with Gasteiger partial charge >= 0.3 is 3.36 Å². The lowest BCUT2D eigenvalue weighted by Gasteiger charge is -2.09. The van der Waals surface area contributed by atoms with Crippen LogP contribution in [0, 0.1) is 10.1 Å². The lowest BCUT2D eigenvalue weighted by molar-refractivity contribution is -0.511. The Kier molecular flexibility index (Phi) is 2.79. The molecule has 0 aliphatic rings.